The van der Waals surface area contributed by atoms with Crippen LogP contribution in [0.2, 0.25) is 0 Å². The number of carbonyl (C=O) groups excluding carboxylic acids is 2. The van der Waals surface area contributed by atoms with Gasteiger partial charge >= 0.3 is 0 Å². The predicted molar refractivity (Wildman–Crippen MR) is 61.6 cm³/mol. The second-order valence-corrected chi connectivity index (χ2v) is 4.40. The maximum Gasteiger partial charge on any atom is 0.239 e. The molecular weight excluding hydrogens is 206 g/mol. The van der Waals surface area contributed by atoms with E-state index >= 15 is 0 Å². The monoisotopic (exact) mass is 227 g/mol. The van der Waals surface area contributed by atoms with Crippen LogP contribution >= 0.6 is 0 Å². The van der Waals surface area contributed by atoms with Crippen LogP contribution in [-0.2, 0) is 9.59 Å². The van der Waals surface area contributed by atoms with Crippen molar-refractivity contribution in [1.82, 2.24) is 10.6 Å². The van der Waals surface area contributed by atoms with E-state index in [2.05, 4.69) is 10.6 Å². The largest absolute Gasteiger partial charge is 0.358 e. The minimum Gasteiger partial charge on any atom is -0.358 e. The van der Waals surface area contributed by atoms with Crippen molar-refractivity contribution in [3.8, 4) is 0 Å². The van der Waals surface area contributed by atoms with E-state index in [0.29, 0.717) is 6.54 Å². The Hall–Kier alpha value is -1.10. The minimum absolute atomic E-state index is 0.0388. The molecule has 0 unspecified atom stereocenters. The number of nitrogens with one attached hydrogen (secondary N) is 2. The van der Waals surface area contributed by atoms with Gasteiger partial charge in [0.25, 0.3) is 0 Å². The Balaban J connectivity index is 2.51. The van der Waals surface area contributed by atoms with Crippen molar-refractivity contribution in [3.63, 3.8) is 0 Å². The van der Waals surface area contributed by atoms with Crippen LogP contribution in [0.25, 0.3) is 0 Å². The molecule has 1 fully saturated rings. The molecule has 0 bridgehead atoms. The van der Waals surface area contributed by atoms with Crippen LogP contribution in [0.15, 0.2) is 0 Å². The van der Waals surface area contributed by atoms with E-state index in [1.165, 1.54) is 6.42 Å². The summed E-state index contributed by atoms with van der Waals surface area (Å²) in [5, 5.41) is 5.13. The second-order valence-electron chi connectivity index (χ2n) is 4.40. The van der Waals surface area contributed by atoms with Gasteiger partial charge in [-0.15, -0.1) is 0 Å². The molecule has 1 aliphatic carbocycles. The van der Waals surface area contributed by atoms with Gasteiger partial charge in [-0.25, -0.2) is 0 Å². The number of amides is 2. The molecule has 0 saturated heterocycles. The van der Waals surface area contributed by atoms with Crippen molar-refractivity contribution >= 4 is 11.8 Å². The molecule has 0 atom stereocenters. The highest BCUT2D eigenvalue weighted by Gasteiger charge is 2.37. The molecule has 16 heavy (non-hydrogen) atoms. The van der Waals surface area contributed by atoms with Crippen LogP contribution in [0.3, 0.4) is 0 Å². The van der Waals surface area contributed by atoms with E-state index in [4.69, 9.17) is 5.73 Å². The number of hydrogen-bond acceptors (Lipinski definition) is 3. The van der Waals surface area contributed by atoms with Crippen molar-refractivity contribution in [2.75, 3.05) is 20.1 Å². The van der Waals surface area contributed by atoms with Gasteiger partial charge in [-0.2, -0.15) is 0 Å². The molecule has 0 spiro atoms. The fourth-order valence-electron chi connectivity index (χ4n) is 2.19. The van der Waals surface area contributed by atoms with Crippen LogP contribution < -0.4 is 16.4 Å². The third-order valence-electron chi connectivity index (χ3n) is 3.37. The molecule has 92 valence electrons. The summed E-state index contributed by atoms with van der Waals surface area (Å²) >= 11 is 0. The number of hydrogen-bond donors (Lipinski definition) is 3. The second kappa shape index (κ2) is 5.84. The average Bonchev–Trinajstić information content (AvgIpc) is 2.36. The summed E-state index contributed by atoms with van der Waals surface area (Å²) in [5.74, 6) is -0.255. The standard InChI is InChI=1S/C11H21N3O2/c1-13-9(15)7-14-10(16)11(8-12)5-3-2-4-6-11/h2-8,12H2,1H3,(H,13,15)(H,14,16). The van der Waals surface area contributed by atoms with E-state index in [1.807, 2.05) is 0 Å². The summed E-state index contributed by atoms with van der Waals surface area (Å²) in [6.07, 6.45) is 4.94. The van der Waals surface area contributed by atoms with Gasteiger partial charge in [0.2, 0.25) is 11.8 Å². The van der Waals surface area contributed by atoms with Gasteiger partial charge in [0.1, 0.15) is 0 Å². The first-order valence-electron chi connectivity index (χ1n) is 5.83. The average molecular weight is 227 g/mol. The molecular formula is C11H21N3O2. The number of likely N-dealkylation sites (N-methyl/N-ethyl adjacent to an activating group) is 1. The molecule has 0 radical (unpaired) electrons. The van der Waals surface area contributed by atoms with Crippen molar-refractivity contribution in [2.45, 2.75) is 32.1 Å². The lowest BCUT2D eigenvalue weighted by atomic mass is 9.73. The minimum atomic E-state index is -0.438. The van der Waals surface area contributed by atoms with Gasteiger partial charge in [0.15, 0.2) is 0 Å². The number of nitrogens with two attached hydrogens (primary N) is 1. The van der Waals surface area contributed by atoms with Crippen LogP contribution in [0.4, 0.5) is 0 Å². The SMILES string of the molecule is CNC(=O)CNC(=O)C1(CN)CCCCC1. The molecule has 0 aromatic heterocycles. The zero-order valence-corrected chi connectivity index (χ0v) is 9.84. The first-order chi connectivity index (χ1) is 7.64. The Labute approximate surface area is 96.1 Å². The third-order valence-corrected chi connectivity index (χ3v) is 3.37. The number of rotatable bonds is 4. The van der Waals surface area contributed by atoms with E-state index in [9.17, 15) is 9.59 Å². The highest BCUT2D eigenvalue weighted by atomic mass is 16.2. The van der Waals surface area contributed by atoms with Crippen molar-refractivity contribution in [3.05, 3.63) is 0 Å². The summed E-state index contributed by atoms with van der Waals surface area (Å²) in [6.45, 7) is 0.406. The summed E-state index contributed by atoms with van der Waals surface area (Å²) in [7, 11) is 1.55. The van der Waals surface area contributed by atoms with E-state index in [-0.39, 0.29) is 18.4 Å². The van der Waals surface area contributed by atoms with Crippen molar-refractivity contribution < 1.29 is 9.59 Å². The Morgan fingerprint density at radius 3 is 2.38 bits per heavy atom. The molecule has 5 heteroatoms. The zero-order chi connectivity index (χ0) is 12.0. The molecule has 0 heterocycles. The van der Waals surface area contributed by atoms with Gasteiger partial charge < -0.3 is 16.4 Å². The first kappa shape index (κ1) is 13.0. The zero-order valence-electron chi connectivity index (χ0n) is 9.84. The van der Waals surface area contributed by atoms with Crippen molar-refractivity contribution in [2.24, 2.45) is 11.1 Å². The molecule has 0 aromatic carbocycles. The lowest BCUT2D eigenvalue weighted by molar-refractivity contribution is -0.134. The summed E-state index contributed by atoms with van der Waals surface area (Å²) in [6, 6.07) is 0. The Kier molecular flexibility index (Phi) is 4.73. The maximum atomic E-state index is 12.0. The van der Waals surface area contributed by atoms with Gasteiger partial charge in [0, 0.05) is 13.6 Å². The maximum absolute atomic E-state index is 12.0. The topological polar surface area (TPSA) is 84.2 Å². The molecule has 2 amide bonds. The molecule has 1 saturated carbocycles. The Bertz CT molecular complexity index is 260. The normalized spacial score (nSPS) is 18.9. The quantitative estimate of drug-likeness (QED) is 0.619. The lowest BCUT2D eigenvalue weighted by Crippen LogP contribution is -2.49. The molecule has 0 aliphatic heterocycles. The van der Waals surface area contributed by atoms with E-state index < -0.39 is 5.41 Å². The smallest absolute Gasteiger partial charge is 0.239 e. The molecule has 5 nitrogen and oxygen atoms in total. The Morgan fingerprint density at radius 2 is 1.88 bits per heavy atom. The van der Waals surface area contributed by atoms with Crippen LogP contribution in [0.1, 0.15) is 32.1 Å². The van der Waals surface area contributed by atoms with Crippen LogP contribution in [0, 0.1) is 5.41 Å². The lowest BCUT2D eigenvalue weighted by Gasteiger charge is -2.34. The fraction of sp³-hybridized carbons (Fsp3) is 0.818. The van der Waals surface area contributed by atoms with Crippen molar-refractivity contribution in [1.29, 1.82) is 0 Å². The van der Waals surface area contributed by atoms with E-state index in [0.717, 1.165) is 25.7 Å². The number of carbonyl (C=O) groups is 2. The fourth-order valence-corrected chi connectivity index (χ4v) is 2.19. The molecule has 1 rings (SSSR count). The molecule has 4 N–H and O–H groups in total. The molecule has 1 aliphatic rings. The van der Waals surface area contributed by atoms with Crippen LogP contribution in [-0.4, -0.2) is 32.0 Å². The highest BCUT2D eigenvalue weighted by molar-refractivity contribution is 5.88. The van der Waals surface area contributed by atoms with Gasteiger partial charge in [-0.3, -0.25) is 9.59 Å². The predicted octanol–water partition coefficient (Wildman–Crippen LogP) is -0.242. The summed E-state index contributed by atoms with van der Waals surface area (Å²) in [4.78, 5) is 23.0. The summed E-state index contributed by atoms with van der Waals surface area (Å²) in [5.41, 5.74) is 5.28. The third kappa shape index (κ3) is 2.95. The first-order valence-corrected chi connectivity index (χ1v) is 5.83. The summed E-state index contributed by atoms with van der Waals surface area (Å²) < 4.78 is 0. The van der Waals surface area contributed by atoms with Gasteiger partial charge in [-0.1, -0.05) is 19.3 Å². The van der Waals surface area contributed by atoms with Gasteiger partial charge in [-0.05, 0) is 12.8 Å². The highest BCUT2D eigenvalue weighted by Crippen LogP contribution is 2.35. The molecule has 0 aromatic rings. The van der Waals surface area contributed by atoms with E-state index in [1.54, 1.807) is 7.05 Å². The van der Waals surface area contributed by atoms with Crippen LogP contribution in [0.5, 0.6) is 0 Å². The van der Waals surface area contributed by atoms with Gasteiger partial charge in [0.05, 0.1) is 12.0 Å². The Morgan fingerprint density at radius 1 is 1.25 bits per heavy atom.